The lowest BCUT2D eigenvalue weighted by molar-refractivity contribution is -0.135. The Morgan fingerprint density at radius 3 is 2.41 bits per heavy atom. The highest BCUT2D eigenvalue weighted by Crippen LogP contribution is 2.14. The SMILES string of the molecule is Cc1nnsc1C(=O)Nc1ccc(C(=O)NCC(=O)O)cc1. The highest BCUT2D eigenvalue weighted by Gasteiger charge is 2.13. The zero-order valence-electron chi connectivity index (χ0n) is 11.5. The summed E-state index contributed by atoms with van der Waals surface area (Å²) < 4.78 is 3.69. The molecule has 22 heavy (non-hydrogen) atoms. The number of hydrogen-bond donors (Lipinski definition) is 3. The first-order valence-electron chi connectivity index (χ1n) is 6.17. The summed E-state index contributed by atoms with van der Waals surface area (Å²) in [6, 6.07) is 6.09. The summed E-state index contributed by atoms with van der Waals surface area (Å²) in [5, 5.41) is 17.2. The van der Waals surface area contributed by atoms with Gasteiger partial charge in [0.05, 0.1) is 5.69 Å². The van der Waals surface area contributed by atoms with E-state index in [1.165, 1.54) is 12.1 Å². The predicted octanol–water partition coefficient (Wildman–Crippen LogP) is 0.913. The van der Waals surface area contributed by atoms with Crippen molar-refractivity contribution in [3.63, 3.8) is 0 Å². The molecule has 8 nitrogen and oxygen atoms in total. The molecular weight excluding hydrogens is 308 g/mol. The van der Waals surface area contributed by atoms with E-state index in [1.807, 2.05) is 0 Å². The monoisotopic (exact) mass is 320 g/mol. The van der Waals surface area contributed by atoms with Gasteiger partial charge < -0.3 is 15.7 Å². The van der Waals surface area contributed by atoms with Crippen LogP contribution in [-0.4, -0.2) is 39.0 Å². The Morgan fingerprint density at radius 1 is 1.18 bits per heavy atom. The number of carbonyl (C=O) groups is 3. The van der Waals surface area contributed by atoms with Crippen molar-refractivity contribution in [2.75, 3.05) is 11.9 Å². The Morgan fingerprint density at radius 2 is 1.86 bits per heavy atom. The largest absolute Gasteiger partial charge is 0.480 e. The van der Waals surface area contributed by atoms with Gasteiger partial charge in [-0.15, -0.1) is 5.10 Å². The van der Waals surface area contributed by atoms with E-state index < -0.39 is 18.4 Å². The van der Waals surface area contributed by atoms with Gasteiger partial charge in [-0.1, -0.05) is 4.49 Å². The Bertz CT molecular complexity index is 711. The lowest BCUT2D eigenvalue weighted by atomic mass is 10.2. The molecule has 0 atom stereocenters. The molecule has 0 saturated heterocycles. The molecule has 0 aliphatic carbocycles. The molecule has 1 aromatic carbocycles. The fourth-order valence-corrected chi connectivity index (χ4v) is 2.14. The maximum absolute atomic E-state index is 12.0. The second kappa shape index (κ2) is 6.76. The fourth-order valence-electron chi connectivity index (χ4n) is 1.59. The Labute approximate surface area is 129 Å². The number of anilines is 1. The van der Waals surface area contributed by atoms with Gasteiger partial charge in [-0.25, -0.2) is 0 Å². The Balaban J connectivity index is 2.00. The van der Waals surface area contributed by atoms with E-state index in [0.29, 0.717) is 21.8 Å². The van der Waals surface area contributed by atoms with Crippen molar-refractivity contribution in [1.29, 1.82) is 0 Å². The molecule has 0 bridgehead atoms. The highest BCUT2D eigenvalue weighted by atomic mass is 32.1. The molecule has 0 saturated carbocycles. The maximum atomic E-state index is 12.0. The second-order valence-corrected chi connectivity index (χ2v) is 5.05. The molecule has 0 unspecified atom stereocenters. The second-order valence-electron chi connectivity index (χ2n) is 4.30. The molecule has 0 aliphatic heterocycles. The van der Waals surface area contributed by atoms with Gasteiger partial charge in [0, 0.05) is 11.3 Å². The van der Waals surface area contributed by atoms with Crippen molar-refractivity contribution in [2.45, 2.75) is 6.92 Å². The number of carbonyl (C=O) groups excluding carboxylic acids is 2. The third-order valence-electron chi connectivity index (χ3n) is 2.66. The van der Waals surface area contributed by atoms with E-state index in [1.54, 1.807) is 19.1 Å². The van der Waals surface area contributed by atoms with Gasteiger partial charge in [0.25, 0.3) is 11.8 Å². The average Bonchev–Trinajstić information content (AvgIpc) is 2.91. The van der Waals surface area contributed by atoms with Crippen LogP contribution in [0, 0.1) is 6.92 Å². The molecule has 0 radical (unpaired) electrons. The summed E-state index contributed by atoms with van der Waals surface area (Å²) in [5.74, 6) is -1.94. The number of carboxylic acid groups (broad SMARTS) is 1. The number of carboxylic acids is 1. The quantitative estimate of drug-likeness (QED) is 0.753. The molecule has 1 heterocycles. The molecule has 114 valence electrons. The number of amides is 2. The lowest BCUT2D eigenvalue weighted by Gasteiger charge is -2.06. The van der Waals surface area contributed by atoms with Crippen molar-refractivity contribution in [1.82, 2.24) is 14.9 Å². The van der Waals surface area contributed by atoms with Crippen molar-refractivity contribution in [3.05, 3.63) is 40.4 Å². The van der Waals surface area contributed by atoms with Crippen LogP contribution in [0.2, 0.25) is 0 Å². The standard InChI is InChI=1S/C13H12N4O4S/c1-7-11(22-17-16-7)13(21)15-9-4-2-8(3-5-9)12(20)14-6-10(18)19/h2-5H,6H2,1H3,(H,14,20)(H,15,21)(H,18,19). The van der Waals surface area contributed by atoms with Crippen LogP contribution in [0.3, 0.4) is 0 Å². The topological polar surface area (TPSA) is 121 Å². The normalized spacial score (nSPS) is 10.0. The van der Waals surface area contributed by atoms with Crippen molar-refractivity contribution in [3.8, 4) is 0 Å². The molecule has 0 fully saturated rings. The molecule has 2 aromatic rings. The lowest BCUT2D eigenvalue weighted by Crippen LogP contribution is -2.29. The van der Waals surface area contributed by atoms with Gasteiger partial charge in [0.1, 0.15) is 11.4 Å². The van der Waals surface area contributed by atoms with Crippen LogP contribution < -0.4 is 10.6 Å². The van der Waals surface area contributed by atoms with Crippen molar-refractivity contribution in [2.24, 2.45) is 0 Å². The molecule has 2 amide bonds. The van der Waals surface area contributed by atoms with Gasteiger partial charge in [0.2, 0.25) is 0 Å². The zero-order valence-corrected chi connectivity index (χ0v) is 12.3. The molecule has 0 spiro atoms. The summed E-state index contributed by atoms with van der Waals surface area (Å²) in [4.78, 5) is 34.4. The number of nitrogens with one attached hydrogen (secondary N) is 2. The van der Waals surface area contributed by atoms with E-state index in [-0.39, 0.29) is 5.91 Å². The highest BCUT2D eigenvalue weighted by molar-refractivity contribution is 7.08. The van der Waals surface area contributed by atoms with Crippen LogP contribution in [0.25, 0.3) is 0 Å². The fraction of sp³-hybridized carbons (Fsp3) is 0.154. The summed E-state index contributed by atoms with van der Waals surface area (Å²) in [5.41, 5.74) is 1.36. The first kappa shape index (κ1) is 15.6. The van der Waals surface area contributed by atoms with Crippen LogP contribution in [0.15, 0.2) is 24.3 Å². The summed E-state index contributed by atoms with van der Waals surface area (Å²) in [6.45, 7) is 1.24. The van der Waals surface area contributed by atoms with E-state index in [9.17, 15) is 14.4 Å². The van der Waals surface area contributed by atoms with Gasteiger partial charge >= 0.3 is 5.97 Å². The number of aryl methyl sites for hydroxylation is 1. The Kier molecular flexibility index (Phi) is 4.79. The third kappa shape index (κ3) is 3.85. The summed E-state index contributed by atoms with van der Waals surface area (Å²) >= 11 is 1.00. The van der Waals surface area contributed by atoms with Crippen LogP contribution in [-0.2, 0) is 4.79 Å². The minimum Gasteiger partial charge on any atom is -0.480 e. The molecule has 3 N–H and O–H groups in total. The number of benzene rings is 1. The molecule has 1 aromatic heterocycles. The predicted molar refractivity (Wildman–Crippen MR) is 79.0 cm³/mol. The van der Waals surface area contributed by atoms with E-state index >= 15 is 0 Å². The minimum absolute atomic E-state index is 0.301. The first-order valence-corrected chi connectivity index (χ1v) is 6.95. The number of hydrogen-bond acceptors (Lipinski definition) is 6. The van der Waals surface area contributed by atoms with E-state index in [2.05, 4.69) is 20.2 Å². The molecule has 2 rings (SSSR count). The number of rotatable bonds is 5. The number of aliphatic carboxylic acids is 1. The smallest absolute Gasteiger partial charge is 0.322 e. The first-order chi connectivity index (χ1) is 10.5. The van der Waals surface area contributed by atoms with E-state index in [4.69, 9.17) is 5.11 Å². The van der Waals surface area contributed by atoms with Crippen LogP contribution in [0.1, 0.15) is 25.7 Å². The van der Waals surface area contributed by atoms with Crippen LogP contribution in [0.5, 0.6) is 0 Å². The summed E-state index contributed by atoms with van der Waals surface area (Å²) in [7, 11) is 0. The van der Waals surface area contributed by atoms with Crippen molar-refractivity contribution < 1.29 is 19.5 Å². The molecule has 9 heteroatoms. The van der Waals surface area contributed by atoms with Crippen molar-refractivity contribution >= 4 is 35.0 Å². The van der Waals surface area contributed by atoms with E-state index in [0.717, 1.165) is 11.5 Å². The zero-order chi connectivity index (χ0) is 16.1. The van der Waals surface area contributed by atoms with Gasteiger partial charge in [-0.2, -0.15) is 0 Å². The Hall–Kier alpha value is -2.81. The molecule has 0 aliphatic rings. The van der Waals surface area contributed by atoms with Crippen LogP contribution in [0.4, 0.5) is 5.69 Å². The van der Waals surface area contributed by atoms with Gasteiger partial charge in [-0.3, -0.25) is 14.4 Å². The van der Waals surface area contributed by atoms with Gasteiger partial charge in [-0.05, 0) is 42.7 Å². The number of nitrogens with zero attached hydrogens (tertiary/aromatic N) is 2. The average molecular weight is 320 g/mol. The maximum Gasteiger partial charge on any atom is 0.322 e. The van der Waals surface area contributed by atoms with Crippen LogP contribution >= 0.6 is 11.5 Å². The summed E-state index contributed by atoms with van der Waals surface area (Å²) in [6.07, 6.45) is 0. The van der Waals surface area contributed by atoms with Gasteiger partial charge in [0.15, 0.2) is 0 Å². The number of aromatic nitrogens is 2. The third-order valence-corrected chi connectivity index (χ3v) is 3.49. The minimum atomic E-state index is -1.12. The molecular formula is C13H12N4O4S.